The highest BCUT2D eigenvalue weighted by atomic mass is 16.2. The summed E-state index contributed by atoms with van der Waals surface area (Å²) in [6, 6.07) is 14.1. The van der Waals surface area contributed by atoms with Crippen molar-refractivity contribution in [2.45, 2.75) is 25.7 Å². The van der Waals surface area contributed by atoms with E-state index in [0.29, 0.717) is 13.0 Å². The van der Waals surface area contributed by atoms with Crippen LogP contribution in [-0.4, -0.2) is 36.0 Å². The van der Waals surface area contributed by atoms with E-state index < -0.39 is 0 Å². The van der Waals surface area contributed by atoms with Gasteiger partial charge in [0.25, 0.3) is 5.91 Å². The third-order valence-electron chi connectivity index (χ3n) is 4.18. The SMILES string of the molecule is O=C(CN1CCCCCC1=O)N/N=C\c1ccc2ccccc2c1. The number of nitrogens with one attached hydrogen (secondary N) is 1. The monoisotopic (exact) mass is 323 g/mol. The largest absolute Gasteiger partial charge is 0.333 e. The molecule has 0 unspecified atom stereocenters. The van der Waals surface area contributed by atoms with Crippen molar-refractivity contribution in [1.82, 2.24) is 10.3 Å². The number of benzene rings is 2. The fourth-order valence-electron chi connectivity index (χ4n) is 2.88. The number of amides is 2. The second kappa shape index (κ2) is 7.73. The molecular weight excluding hydrogens is 302 g/mol. The summed E-state index contributed by atoms with van der Waals surface area (Å²) in [5.74, 6) is -0.205. The molecule has 0 aliphatic carbocycles. The van der Waals surface area contributed by atoms with Crippen LogP contribution >= 0.6 is 0 Å². The molecule has 5 heteroatoms. The molecular formula is C19H21N3O2. The number of likely N-dealkylation sites (tertiary alicyclic amines) is 1. The van der Waals surface area contributed by atoms with Gasteiger partial charge in [-0.3, -0.25) is 9.59 Å². The summed E-state index contributed by atoms with van der Waals surface area (Å²) in [7, 11) is 0. The van der Waals surface area contributed by atoms with Crippen LogP contribution < -0.4 is 5.43 Å². The van der Waals surface area contributed by atoms with Crippen molar-refractivity contribution in [3.8, 4) is 0 Å². The number of rotatable bonds is 4. The van der Waals surface area contributed by atoms with Crippen LogP contribution in [0.4, 0.5) is 0 Å². The highest BCUT2D eigenvalue weighted by Gasteiger charge is 2.18. The summed E-state index contributed by atoms with van der Waals surface area (Å²) >= 11 is 0. The van der Waals surface area contributed by atoms with E-state index in [1.807, 2.05) is 36.4 Å². The molecule has 1 aliphatic heterocycles. The van der Waals surface area contributed by atoms with E-state index in [4.69, 9.17) is 0 Å². The van der Waals surface area contributed by atoms with Gasteiger partial charge in [-0.05, 0) is 35.2 Å². The Morgan fingerprint density at radius 1 is 1.12 bits per heavy atom. The zero-order chi connectivity index (χ0) is 16.8. The normalized spacial score (nSPS) is 15.7. The predicted molar refractivity (Wildman–Crippen MR) is 94.7 cm³/mol. The lowest BCUT2D eigenvalue weighted by atomic mass is 10.1. The fraction of sp³-hybridized carbons (Fsp3) is 0.316. The minimum absolute atomic E-state index is 0.0566. The van der Waals surface area contributed by atoms with Gasteiger partial charge in [-0.1, -0.05) is 42.8 Å². The third kappa shape index (κ3) is 4.19. The van der Waals surface area contributed by atoms with Crippen LogP contribution in [0.1, 0.15) is 31.2 Å². The topological polar surface area (TPSA) is 61.8 Å². The number of hydrogen-bond donors (Lipinski definition) is 1. The van der Waals surface area contributed by atoms with E-state index in [2.05, 4.69) is 16.6 Å². The predicted octanol–water partition coefficient (Wildman–Crippen LogP) is 2.69. The quantitative estimate of drug-likeness (QED) is 0.694. The number of nitrogens with zero attached hydrogens (tertiary/aromatic N) is 2. The molecule has 0 aromatic heterocycles. The van der Waals surface area contributed by atoms with Crippen LogP contribution in [0.5, 0.6) is 0 Å². The van der Waals surface area contributed by atoms with E-state index in [0.717, 1.165) is 30.2 Å². The Morgan fingerprint density at radius 2 is 1.96 bits per heavy atom. The van der Waals surface area contributed by atoms with Gasteiger partial charge in [0, 0.05) is 13.0 Å². The molecule has 124 valence electrons. The van der Waals surface area contributed by atoms with Gasteiger partial charge in [0.15, 0.2) is 0 Å². The number of fused-ring (bicyclic) bond motifs is 1. The lowest BCUT2D eigenvalue weighted by Crippen LogP contribution is -2.39. The van der Waals surface area contributed by atoms with Gasteiger partial charge in [0.1, 0.15) is 6.54 Å². The van der Waals surface area contributed by atoms with E-state index in [1.54, 1.807) is 11.1 Å². The Morgan fingerprint density at radius 3 is 2.83 bits per heavy atom. The number of hydrazone groups is 1. The molecule has 24 heavy (non-hydrogen) atoms. The lowest BCUT2D eigenvalue weighted by molar-refractivity contribution is -0.135. The number of hydrogen-bond acceptors (Lipinski definition) is 3. The van der Waals surface area contributed by atoms with Crippen molar-refractivity contribution in [2.75, 3.05) is 13.1 Å². The van der Waals surface area contributed by atoms with Crippen molar-refractivity contribution in [3.63, 3.8) is 0 Å². The van der Waals surface area contributed by atoms with Gasteiger partial charge >= 0.3 is 0 Å². The van der Waals surface area contributed by atoms with Crippen molar-refractivity contribution in [3.05, 3.63) is 48.0 Å². The summed E-state index contributed by atoms with van der Waals surface area (Å²) in [5.41, 5.74) is 3.42. The molecule has 0 spiro atoms. The molecule has 1 aliphatic rings. The molecule has 0 bridgehead atoms. The van der Waals surface area contributed by atoms with Crippen LogP contribution in [0.3, 0.4) is 0 Å². The lowest BCUT2D eigenvalue weighted by Gasteiger charge is -2.18. The van der Waals surface area contributed by atoms with Crippen LogP contribution in [0.2, 0.25) is 0 Å². The second-order valence-corrected chi connectivity index (χ2v) is 6.03. The highest BCUT2D eigenvalue weighted by Crippen LogP contribution is 2.14. The smallest absolute Gasteiger partial charge is 0.259 e. The number of carbonyl (C=O) groups is 2. The Bertz CT molecular complexity index is 770. The summed E-state index contributed by atoms with van der Waals surface area (Å²) in [6.07, 6.45) is 5.07. The van der Waals surface area contributed by atoms with Gasteiger partial charge in [0.05, 0.1) is 6.21 Å². The zero-order valence-corrected chi connectivity index (χ0v) is 13.6. The molecule has 2 aromatic carbocycles. The Labute approximate surface area is 141 Å². The minimum Gasteiger partial charge on any atom is -0.333 e. The Balaban J connectivity index is 1.56. The fourth-order valence-corrected chi connectivity index (χ4v) is 2.88. The highest BCUT2D eigenvalue weighted by molar-refractivity contribution is 5.91. The first-order valence-electron chi connectivity index (χ1n) is 8.31. The summed E-state index contributed by atoms with van der Waals surface area (Å²) < 4.78 is 0. The maximum absolute atomic E-state index is 12.0. The minimum atomic E-state index is -0.262. The van der Waals surface area contributed by atoms with Gasteiger partial charge < -0.3 is 4.90 Å². The van der Waals surface area contributed by atoms with Gasteiger partial charge in [-0.2, -0.15) is 5.10 Å². The van der Waals surface area contributed by atoms with E-state index >= 15 is 0 Å². The molecule has 1 N–H and O–H groups in total. The van der Waals surface area contributed by atoms with E-state index in [9.17, 15) is 9.59 Å². The van der Waals surface area contributed by atoms with Crippen LogP contribution in [0.25, 0.3) is 10.8 Å². The summed E-state index contributed by atoms with van der Waals surface area (Å²) in [4.78, 5) is 25.4. The average molecular weight is 323 g/mol. The van der Waals surface area contributed by atoms with Crippen LogP contribution in [0, 0.1) is 0 Å². The van der Waals surface area contributed by atoms with E-state index in [1.165, 1.54) is 5.39 Å². The van der Waals surface area contributed by atoms with Crippen molar-refractivity contribution >= 4 is 28.8 Å². The molecule has 0 saturated carbocycles. The Kier molecular flexibility index (Phi) is 5.21. The number of carbonyl (C=O) groups excluding carboxylic acids is 2. The van der Waals surface area contributed by atoms with Crippen molar-refractivity contribution < 1.29 is 9.59 Å². The third-order valence-corrected chi connectivity index (χ3v) is 4.18. The molecule has 2 amide bonds. The van der Waals surface area contributed by atoms with Crippen LogP contribution in [-0.2, 0) is 9.59 Å². The Hall–Kier alpha value is -2.69. The van der Waals surface area contributed by atoms with E-state index in [-0.39, 0.29) is 18.4 Å². The summed E-state index contributed by atoms with van der Waals surface area (Å²) in [5, 5.41) is 6.29. The first-order chi connectivity index (χ1) is 11.7. The molecule has 0 radical (unpaired) electrons. The molecule has 0 atom stereocenters. The molecule has 2 aromatic rings. The zero-order valence-electron chi connectivity index (χ0n) is 13.6. The van der Waals surface area contributed by atoms with Crippen molar-refractivity contribution in [2.24, 2.45) is 5.10 Å². The molecule has 5 nitrogen and oxygen atoms in total. The first kappa shape index (κ1) is 16.2. The van der Waals surface area contributed by atoms with Gasteiger partial charge in [-0.15, -0.1) is 0 Å². The molecule has 1 heterocycles. The first-order valence-corrected chi connectivity index (χ1v) is 8.31. The van der Waals surface area contributed by atoms with Crippen molar-refractivity contribution in [1.29, 1.82) is 0 Å². The average Bonchev–Trinajstić information content (AvgIpc) is 2.79. The summed E-state index contributed by atoms with van der Waals surface area (Å²) in [6.45, 7) is 0.731. The maximum atomic E-state index is 12.0. The second-order valence-electron chi connectivity index (χ2n) is 6.03. The maximum Gasteiger partial charge on any atom is 0.259 e. The van der Waals surface area contributed by atoms with Gasteiger partial charge in [-0.25, -0.2) is 5.43 Å². The van der Waals surface area contributed by atoms with Gasteiger partial charge in [0.2, 0.25) is 5.91 Å². The molecule has 3 rings (SSSR count). The molecule has 1 saturated heterocycles. The van der Waals surface area contributed by atoms with Crippen LogP contribution in [0.15, 0.2) is 47.6 Å². The molecule has 1 fully saturated rings. The standard InChI is InChI=1S/C19H21N3O2/c23-18(14-22-11-5-1-2-8-19(22)24)21-20-13-15-9-10-16-6-3-4-7-17(16)12-15/h3-4,6-7,9-10,12-13H,1-2,5,8,11,14H2,(H,21,23)/b20-13-.